The third-order valence-electron chi connectivity index (χ3n) is 2.41. The fourth-order valence-corrected chi connectivity index (χ4v) is 1.15. The van der Waals surface area contributed by atoms with Gasteiger partial charge in [-0.1, -0.05) is 20.8 Å². The molecule has 15 heavy (non-hydrogen) atoms. The third kappa shape index (κ3) is 5.14. The predicted molar refractivity (Wildman–Crippen MR) is 61.4 cm³/mol. The normalized spacial score (nSPS) is 14.9. The lowest BCUT2D eigenvalue weighted by Gasteiger charge is -2.31. The molecule has 0 fully saturated rings. The molecule has 0 saturated heterocycles. The molecule has 0 aromatic carbocycles. The van der Waals surface area contributed by atoms with Crippen LogP contribution in [0.15, 0.2) is 0 Å². The molecule has 4 N–H and O–H groups in total. The second-order valence-electron chi connectivity index (χ2n) is 5.69. The van der Waals surface area contributed by atoms with Gasteiger partial charge in [0.15, 0.2) is 0 Å². The third-order valence-corrected chi connectivity index (χ3v) is 2.41. The zero-order valence-electron chi connectivity index (χ0n) is 10.4. The summed E-state index contributed by atoms with van der Waals surface area (Å²) in [6.07, 6.45) is 0.523. The van der Waals surface area contributed by atoms with Crippen molar-refractivity contribution in [2.75, 3.05) is 6.61 Å². The minimum Gasteiger partial charge on any atom is -0.396 e. The first-order chi connectivity index (χ1) is 6.60. The Kier molecular flexibility index (Phi) is 4.74. The molecule has 0 saturated carbocycles. The summed E-state index contributed by atoms with van der Waals surface area (Å²) in [5.74, 6) is -0.166. The molecule has 1 amide bonds. The Morgan fingerprint density at radius 1 is 1.33 bits per heavy atom. The highest BCUT2D eigenvalue weighted by molar-refractivity contribution is 5.82. The molecule has 90 valence electrons. The van der Waals surface area contributed by atoms with Crippen molar-refractivity contribution in [1.29, 1.82) is 0 Å². The van der Waals surface area contributed by atoms with E-state index in [9.17, 15) is 4.79 Å². The number of carbonyl (C=O) groups is 1. The Hall–Kier alpha value is -0.610. The lowest BCUT2D eigenvalue weighted by Crippen LogP contribution is -2.54. The van der Waals surface area contributed by atoms with E-state index in [4.69, 9.17) is 10.8 Å². The van der Waals surface area contributed by atoms with Gasteiger partial charge in [-0.3, -0.25) is 4.79 Å². The molecule has 0 unspecified atom stereocenters. The molecular formula is C11H24N2O2. The van der Waals surface area contributed by atoms with Crippen LogP contribution in [0.25, 0.3) is 0 Å². The van der Waals surface area contributed by atoms with Gasteiger partial charge < -0.3 is 16.2 Å². The van der Waals surface area contributed by atoms with Gasteiger partial charge in [0.25, 0.3) is 0 Å². The number of nitrogens with two attached hydrogens (primary N) is 1. The van der Waals surface area contributed by atoms with Crippen LogP contribution in [0, 0.1) is 5.41 Å². The van der Waals surface area contributed by atoms with Crippen molar-refractivity contribution in [2.45, 2.75) is 52.6 Å². The van der Waals surface area contributed by atoms with Gasteiger partial charge in [0.05, 0.1) is 6.04 Å². The van der Waals surface area contributed by atoms with Crippen molar-refractivity contribution < 1.29 is 9.90 Å². The highest BCUT2D eigenvalue weighted by Crippen LogP contribution is 2.18. The number of carbonyl (C=O) groups excluding carboxylic acids is 1. The van der Waals surface area contributed by atoms with Gasteiger partial charge in [0, 0.05) is 12.1 Å². The van der Waals surface area contributed by atoms with Crippen LogP contribution in [0.5, 0.6) is 0 Å². The van der Waals surface area contributed by atoms with Crippen LogP contribution in [-0.4, -0.2) is 29.2 Å². The first-order valence-corrected chi connectivity index (χ1v) is 5.28. The highest BCUT2D eigenvalue weighted by atomic mass is 16.3. The van der Waals surface area contributed by atoms with Gasteiger partial charge in [-0.2, -0.15) is 0 Å². The molecule has 0 aliphatic carbocycles. The van der Waals surface area contributed by atoms with E-state index in [1.807, 2.05) is 34.6 Å². The number of amides is 1. The average Bonchev–Trinajstić information content (AvgIpc) is 1.99. The smallest absolute Gasteiger partial charge is 0.237 e. The molecule has 1 atom stereocenters. The quantitative estimate of drug-likeness (QED) is 0.645. The molecule has 0 rings (SSSR count). The molecule has 0 aromatic rings. The Morgan fingerprint density at radius 3 is 2.13 bits per heavy atom. The highest BCUT2D eigenvalue weighted by Gasteiger charge is 2.30. The number of nitrogens with one attached hydrogen (secondary N) is 1. The molecule has 0 radical (unpaired) electrons. The van der Waals surface area contributed by atoms with Gasteiger partial charge >= 0.3 is 0 Å². The summed E-state index contributed by atoms with van der Waals surface area (Å²) in [6.45, 7) is 9.58. The second kappa shape index (κ2) is 4.94. The monoisotopic (exact) mass is 216 g/mol. The SMILES string of the molecule is CC(C)(CCO)NC(=O)[C@H](N)C(C)(C)C. The average molecular weight is 216 g/mol. The van der Waals surface area contributed by atoms with Crippen LogP contribution in [0.1, 0.15) is 41.0 Å². The maximum Gasteiger partial charge on any atom is 0.237 e. The van der Waals surface area contributed by atoms with Crippen molar-refractivity contribution in [2.24, 2.45) is 11.1 Å². The Labute approximate surface area is 92.2 Å². The summed E-state index contributed by atoms with van der Waals surface area (Å²) >= 11 is 0. The summed E-state index contributed by atoms with van der Waals surface area (Å²) in [5.41, 5.74) is 5.16. The van der Waals surface area contributed by atoms with E-state index in [2.05, 4.69) is 5.32 Å². The second-order valence-corrected chi connectivity index (χ2v) is 5.69. The van der Waals surface area contributed by atoms with Crippen molar-refractivity contribution >= 4 is 5.91 Å². The van der Waals surface area contributed by atoms with E-state index in [0.717, 1.165) is 0 Å². The van der Waals surface area contributed by atoms with Crippen LogP contribution in [-0.2, 0) is 4.79 Å². The van der Waals surface area contributed by atoms with Crippen LogP contribution in [0.2, 0.25) is 0 Å². The van der Waals surface area contributed by atoms with E-state index >= 15 is 0 Å². The fraction of sp³-hybridized carbons (Fsp3) is 0.909. The van der Waals surface area contributed by atoms with Gasteiger partial charge in [-0.25, -0.2) is 0 Å². The van der Waals surface area contributed by atoms with Gasteiger partial charge in [-0.15, -0.1) is 0 Å². The largest absolute Gasteiger partial charge is 0.396 e. The molecule has 0 spiro atoms. The number of hydrogen-bond acceptors (Lipinski definition) is 3. The summed E-state index contributed by atoms with van der Waals surface area (Å²) in [7, 11) is 0. The first-order valence-electron chi connectivity index (χ1n) is 5.28. The molecule has 4 heteroatoms. The summed E-state index contributed by atoms with van der Waals surface area (Å²) in [4.78, 5) is 11.8. The molecule has 0 heterocycles. The zero-order valence-corrected chi connectivity index (χ0v) is 10.4. The van der Waals surface area contributed by atoms with Crippen LogP contribution >= 0.6 is 0 Å². The Balaban J connectivity index is 4.37. The summed E-state index contributed by atoms with van der Waals surface area (Å²) < 4.78 is 0. The number of aliphatic hydroxyl groups excluding tert-OH is 1. The minimum atomic E-state index is -0.532. The van der Waals surface area contributed by atoms with E-state index < -0.39 is 11.6 Å². The topological polar surface area (TPSA) is 75.3 Å². The van der Waals surface area contributed by atoms with E-state index in [0.29, 0.717) is 6.42 Å². The standard InChI is InChI=1S/C11H24N2O2/c1-10(2,3)8(12)9(15)13-11(4,5)6-7-14/h8,14H,6-7,12H2,1-5H3,(H,13,15)/t8-/m0/s1. The summed E-state index contributed by atoms with van der Waals surface area (Å²) in [5, 5.41) is 11.7. The molecule has 0 aliphatic rings. The maximum absolute atomic E-state index is 11.8. The first kappa shape index (κ1) is 14.4. The Morgan fingerprint density at radius 2 is 1.80 bits per heavy atom. The van der Waals surface area contributed by atoms with Gasteiger partial charge in [0.2, 0.25) is 5.91 Å². The van der Waals surface area contributed by atoms with Crippen molar-refractivity contribution in [3.63, 3.8) is 0 Å². The molecule has 0 bridgehead atoms. The lowest BCUT2D eigenvalue weighted by molar-refractivity contribution is -0.126. The number of rotatable bonds is 4. The molecular weight excluding hydrogens is 192 g/mol. The lowest BCUT2D eigenvalue weighted by atomic mass is 9.86. The van der Waals surface area contributed by atoms with Gasteiger partial charge in [0.1, 0.15) is 0 Å². The maximum atomic E-state index is 11.8. The number of hydrogen-bond donors (Lipinski definition) is 3. The molecule has 4 nitrogen and oxygen atoms in total. The van der Waals surface area contributed by atoms with Crippen molar-refractivity contribution in [3.05, 3.63) is 0 Å². The van der Waals surface area contributed by atoms with E-state index in [-0.39, 0.29) is 17.9 Å². The van der Waals surface area contributed by atoms with Crippen molar-refractivity contribution in [3.8, 4) is 0 Å². The summed E-state index contributed by atoms with van der Waals surface area (Å²) in [6, 6.07) is -0.532. The van der Waals surface area contributed by atoms with Crippen molar-refractivity contribution in [1.82, 2.24) is 5.32 Å². The predicted octanol–water partition coefficient (Wildman–Crippen LogP) is 0.637. The van der Waals surface area contributed by atoms with Gasteiger partial charge in [-0.05, 0) is 25.7 Å². The van der Waals surface area contributed by atoms with E-state index in [1.165, 1.54) is 0 Å². The zero-order chi connectivity index (χ0) is 12.3. The fourth-order valence-electron chi connectivity index (χ4n) is 1.15. The van der Waals surface area contributed by atoms with Crippen LogP contribution in [0.3, 0.4) is 0 Å². The minimum absolute atomic E-state index is 0.0536. The molecule has 0 aromatic heterocycles. The Bertz CT molecular complexity index is 219. The molecule has 0 aliphatic heterocycles. The van der Waals surface area contributed by atoms with Crippen LogP contribution < -0.4 is 11.1 Å². The van der Waals surface area contributed by atoms with E-state index in [1.54, 1.807) is 0 Å². The van der Waals surface area contributed by atoms with Crippen LogP contribution in [0.4, 0.5) is 0 Å². The number of aliphatic hydroxyl groups is 1.